The largest absolute Gasteiger partial charge is 0.370 e. The summed E-state index contributed by atoms with van der Waals surface area (Å²) in [4.78, 5) is 17.0. The average molecular weight is 244 g/mol. The van der Waals surface area contributed by atoms with Crippen LogP contribution in [0, 0.1) is 0 Å². The second-order valence-electron chi connectivity index (χ2n) is 3.73. The molecule has 0 amide bonds. The summed E-state index contributed by atoms with van der Waals surface area (Å²) in [6, 6.07) is -0.0548. The van der Waals surface area contributed by atoms with E-state index in [1.807, 2.05) is 27.9 Å². The number of Topliss-reactive ketones (excluding diaryl/α,β-unsaturated/α-hetero) is 1. The van der Waals surface area contributed by atoms with Gasteiger partial charge in [0.15, 0.2) is 5.96 Å². The van der Waals surface area contributed by atoms with Gasteiger partial charge in [-0.2, -0.15) is 0 Å². The quantitative estimate of drug-likeness (QED) is 0.413. The van der Waals surface area contributed by atoms with Crippen LogP contribution in [-0.4, -0.2) is 50.4 Å². The van der Waals surface area contributed by atoms with Crippen molar-refractivity contribution in [2.24, 2.45) is 10.7 Å². The molecular weight excluding hydrogens is 216 g/mol. The number of nitrogens with zero attached hydrogens (tertiary/aromatic N) is 2. The molecule has 0 heterocycles. The molecular formula is C12H28N4O. The van der Waals surface area contributed by atoms with Gasteiger partial charge >= 0.3 is 0 Å². The summed E-state index contributed by atoms with van der Waals surface area (Å²) in [6.45, 7) is 6.26. The first-order valence-electron chi connectivity index (χ1n) is 6.14. The van der Waals surface area contributed by atoms with Gasteiger partial charge in [-0.3, -0.25) is 9.79 Å². The van der Waals surface area contributed by atoms with Gasteiger partial charge < -0.3 is 16.0 Å². The van der Waals surface area contributed by atoms with Gasteiger partial charge in [-0.25, -0.2) is 0 Å². The van der Waals surface area contributed by atoms with Crippen LogP contribution in [0.5, 0.6) is 0 Å². The van der Waals surface area contributed by atoms with Gasteiger partial charge in [0, 0.05) is 20.6 Å². The number of guanidine groups is 1. The van der Waals surface area contributed by atoms with Gasteiger partial charge in [-0.15, -0.1) is 0 Å². The minimum absolute atomic E-state index is 0.0548. The van der Waals surface area contributed by atoms with E-state index in [9.17, 15) is 4.79 Å². The predicted octanol–water partition coefficient (Wildman–Crippen LogP) is 0.846. The molecule has 0 spiro atoms. The maximum atomic E-state index is 11.1. The van der Waals surface area contributed by atoms with E-state index < -0.39 is 0 Å². The summed E-state index contributed by atoms with van der Waals surface area (Å²) in [5, 5.41) is 2.97. The monoisotopic (exact) mass is 244 g/mol. The maximum Gasteiger partial charge on any atom is 0.190 e. The molecule has 0 saturated carbocycles. The number of nitrogens with one attached hydrogen (secondary N) is 1. The van der Waals surface area contributed by atoms with Crippen LogP contribution in [0.25, 0.3) is 0 Å². The third kappa shape index (κ3) is 9.81. The molecule has 1 atom stereocenters. The van der Waals surface area contributed by atoms with Gasteiger partial charge in [0.25, 0.3) is 0 Å². The van der Waals surface area contributed by atoms with Crippen molar-refractivity contribution in [1.29, 1.82) is 0 Å². The molecule has 0 aliphatic rings. The Morgan fingerprint density at radius 3 is 2.29 bits per heavy atom. The molecule has 0 saturated heterocycles. The summed E-state index contributed by atoms with van der Waals surface area (Å²) in [5.41, 5.74) is 5.62. The molecule has 0 aliphatic carbocycles. The van der Waals surface area contributed by atoms with Crippen molar-refractivity contribution in [2.45, 2.75) is 39.7 Å². The minimum Gasteiger partial charge on any atom is -0.370 e. The first-order chi connectivity index (χ1) is 7.99. The van der Waals surface area contributed by atoms with Gasteiger partial charge in [0.1, 0.15) is 5.78 Å². The number of likely N-dealkylation sites (N-methyl/N-ethyl adjacent to an activating group) is 1. The highest BCUT2D eigenvalue weighted by molar-refractivity contribution is 5.81. The van der Waals surface area contributed by atoms with E-state index in [-0.39, 0.29) is 11.8 Å². The average Bonchev–Trinajstić information content (AvgIpc) is 2.30. The number of carbonyl (C=O) groups excluding carboxylic acids is 1. The van der Waals surface area contributed by atoms with Crippen LogP contribution in [0.4, 0.5) is 0 Å². The third-order valence-electron chi connectivity index (χ3n) is 2.22. The van der Waals surface area contributed by atoms with E-state index in [2.05, 4.69) is 10.3 Å². The van der Waals surface area contributed by atoms with Crippen molar-refractivity contribution in [1.82, 2.24) is 10.2 Å². The maximum absolute atomic E-state index is 11.1. The summed E-state index contributed by atoms with van der Waals surface area (Å²) in [6.07, 6.45) is 1.66. The zero-order valence-corrected chi connectivity index (χ0v) is 12.1. The molecule has 0 radical (unpaired) electrons. The van der Waals surface area contributed by atoms with E-state index in [1.165, 1.54) is 0 Å². The number of ketones is 1. The Kier molecular flexibility index (Phi) is 12.2. The molecule has 1 unspecified atom stereocenters. The first-order valence-corrected chi connectivity index (χ1v) is 6.14. The highest BCUT2D eigenvalue weighted by atomic mass is 16.1. The Labute approximate surface area is 105 Å². The second kappa shape index (κ2) is 11.4. The standard InChI is InChI=1S/C10H22N4O.C2H6/c1-8(15)9(12-2)6-5-7-13-10(11)14(3)4;1-2/h9,12H,5-7H2,1-4H3,(H2,11,13);1-2H3. The van der Waals surface area contributed by atoms with Crippen molar-refractivity contribution >= 4 is 11.7 Å². The summed E-state index contributed by atoms with van der Waals surface area (Å²) in [5.74, 6) is 0.695. The topological polar surface area (TPSA) is 70.7 Å². The van der Waals surface area contributed by atoms with Crippen LogP contribution < -0.4 is 11.1 Å². The molecule has 5 heteroatoms. The van der Waals surface area contributed by atoms with E-state index in [1.54, 1.807) is 18.9 Å². The highest BCUT2D eigenvalue weighted by Crippen LogP contribution is 1.98. The summed E-state index contributed by atoms with van der Waals surface area (Å²) >= 11 is 0. The SMILES string of the molecule is CC.CNC(CCCN=C(N)N(C)C)C(C)=O. The van der Waals surface area contributed by atoms with E-state index in [4.69, 9.17) is 5.73 Å². The van der Waals surface area contributed by atoms with E-state index >= 15 is 0 Å². The Balaban J connectivity index is 0. The summed E-state index contributed by atoms with van der Waals surface area (Å²) < 4.78 is 0. The molecule has 102 valence electrons. The molecule has 0 bridgehead atoms. The van der Waals surface area contributed by atoms with Gasteiger partial charge in [0.05, 0.1) is 6.04 Å². The molecule has 0 fully saturated rings. The number of aliphatic imine (C=N–C) groups is 1. The number of hydrogen-bond acceptors (Lipinski definition) is 3. The molecule has 3 N–H and O–H groups in total. The van der Waals surface area contributed by atoms with Crippen molar-refractivity contribution in [3.05, 3.63) is 0 Å². The van der Waals surface area contributed by atoms with Gasteiger partial charge in [0.2, 0.25) is 0 Å². The molecule has 0 rings (SSSR count). The smallest absolute Gasteiger partial charge is 0.190 e. The Hall–Kier alpha value is -1.10. The van der Waals surface area contributed by atoms with Crippen LogP contribution in [0.1, 0.15) is 33.6 Å². The molecule has 0 aromatic carbocycles. The number of hydrogen-bond donors (Lipinski definition) is 2. The van der Waals surface area contributed by atoms with E-state index in [0.29, 0.717) is 12.5 Å². The zero-order chi connectivity index (χ0) is 13.8. The molecule has 0 aromatic heterocycles. The van der Waals surface area contributed by atoms with E-state index in [0.717, 1.165) is 12.8 Å². The Bertz CT molecular complexity index is 227. The fourth-order valence-electron chi connectivity index (χ4n) is 1.18. The molecule has 0 aromatic rings. The molecule has 0 aliphatic heterocycles. The lowest BCUT2D eigenvalue weighted by Gasteiger charge is -2.12. The molecule has 17 heavy (non-hydrogen) atoms. The van der Waals surface area contributed by atoms with Gasteiger partial charge in [-0.1, -0.05) is 13.8 Å². The lowest BCUT2D eigenvalue weighted by Crippen LogP contribution is -2.32. The van der Waals surface area contributed by atoms with Crippen LogP contribution >= 0.6 is 0 Å². The zero-order valence-electron chi connectivity index (χ0n) is 12.1. The van der Waals surface area contributed by atoms with Crippen LogP contribution in [0.15, 0.2) is 4.99 Å². The lowest BCUT2D eigenvalue weighted by molar-refractivity contribution is -0.119. The number of nitrogens with two attached hydrogens (primary N) is 1. The fraction of sp³-hybridized carbons (Fsp3) is 0.833. The first kappa shape index (κ1) is 18.3. The Morgan fingerprint density at radius 1 is 1.41 bits per heavy atom. The lowest BCUT2D eigenvalue weighted by atomic mass is 10.1. The van der Waals surface area contributed by atoms with Crippen LogP contribution in [0.3, 0.4) is 0 Å². The fourth-order valence-corrected chi connectivity index (χ4v) is 1.18. The third-order valence-corrected chi connectivity index (χ3v) is 2.22. The highest BCUT2D eigenvalue weighted by Gasteiger charge is 2.09. The Morgan fingerprint density at radius 2 is 1.94 bits per heavy atom. The van der Waals surface area contributed by atoms with Crippen molar-refractivity contribution < 1.29 is 4.79 Å². The predicted molar refractivity (Wildman–Crippen MR) is 74.3 cm³/mol. The normalized spacial score (nSPS) is 12.5. The van der Waals surface area contributed by atoms with Crippen molar-refractivity contribution in [3.8, 4) is 0 Å². The molecule has 5 nitrogen and oxygen atoms in total. The number of carbonyl (C=O) groups is 1. The second-order valence-corrected chi connectivity index (χ2v) is 3.73. The number of rotatable bonds is 6. The summed E-state index contributed by atoms with van der Waals surface area (Å²) in [7, 11) is 5.50. The van der Waals surface area contributed by atoms with Crippen LogP contribution in [0.2, 0.25) is 0 Å². The van der Waals surface area contributed by atoms with Crippen molar-refractivity contribution in [2.75, 3.05) is 27.7 Å². The minimum atomic E-state index is -0.0548. The van der Waals surface area contributed by atoms with Crippen molar-refractivity contribution in [3.63, 3.8) is 0 Å². The van der Waals surface area contributed by atoms with Crippen LogP contribution in [-0.2, 0) is 4.79 Å². The van der Waals surface area contributed by atoms with Gasteiger partial charge in [-0.05, 0) is 26.8 Å².